The molecule has 9 heteroatoms. The Hall–Kier alpha value is -2.94. The zero-order valence-electron chi connectivity index (χ0n) is 19.6. The van der Waals surface area contributed by atoms with Gasteiger partial charge in [0.1, 0.15) is 11.2 Å². The van der Waals surface area contributed by atoms with Crippen molar-refractivity contribution in [3.05, 3.63) is 82.0 Å². The van der Waals surface area contributed by atoms with E-state index in [1.54, 1.807) is 18.0 Å². The Morgan fingerprint density at radius 3 is 2.51 bits per heavy atom. The molecule has 2 aromatic carbocycles. The molecule has 35 heavy (non-hydrogen) atoms. The molecule has 4 aromatic rings. The maximum absolute atomic E-state index is 12.7. The number of benzene rings is 2. The summed E-state index contributed by atoms with van der Waals surface area (Å²) in [5.41, 5.74) is 2.44. The van der Waals surface area contributed by atoms with E-state index in [-0.39, 0.29) is 5.56 Å². The van der Waals surface area contributed by atoms with Gasteiger partial charge in [0.05, 0.1) is 0 Å². The predicted octanol–water partition coefficient (Wildman–Crippen LogP) is 4.44. The molecule has 5 rings (SSSR count). The number of nitrogens with zero attached hydrogens (tertiary/aromatic N) is 6. The van der Waals surface area contributed by atoms with Crippen LogP contribution in [0.4, 0.5) is 5.69 Å². The maximum atomic E-state index is 12.7. The number of aromatic nitrogens is 4. The Kier molecular flexibility index (Phi) is 7.32. The number of halogens is 1. The van der Waals surface area contributed by atoms with Gasteiger partial charge in [-0.1, -0.05) is 47.6 Å². The summed E-state index contributed by atoms with van der Waals surface area (Å²) in [6.07, 6.45) is 2.58. The highest BCUT2D eigenvalue weighted by Gasteiger charge is 2.18. The molecule has 180 valence electrons. The number of hydrogen-bond acceptors (Lipinski definition) is 7. The first-order valence-electron chi connectivity index (χ1n) is 11.8. The van der Waals surface area contributed by atoms with Gasteiger partial charge in [0.25, 0.3) is 5.56 Å². The van der Waals surface area contributed by atoms with Crippen molar-refractivity contribution in [2.45, 2.75) is 18.5 Å². The van der Waals surface area contributed by atoms with E-state index in [2.05, 4.69) is 30.8 Å². The van der Waals surface area contributed by atoms with Gasteiger partial charge in [0, 0.05) is 54.5 Å². The Morgan fingerprint density at radius 1 is 0.971 bits per heavy atom. The van der Waals surface area contributed by atoms with Gasteiger partial charge in [0.2, 0.25) is 0 Å². The van der Waals surface area contributed by atoms with E-state index in [1.165, 1.54) is 5.69 Å². The smallest absolute Gasteiger partial charge is 0.284 e. The van der Waals surface area contributed by atoms with Crippen LogP contribution in [0.25, 0.3) is 16.7 Å². The SMILES string of the molecule is Cc1ncc2c(=O)nc(SCCCN3CCN(c4cccc(Cl)c4)CC3)n(-c3ccccc3)c2n1. The summed E-state index contributed by atoms with van der Waals surface area (Å²) in [5.74, 6) is 1.49. The predicted molar refractivity (Wildman–Crippen MR) is 143 cm³/mol. The molecule has 1 saturated heterocycles. The van der Waals surface area contributed by atoms with Crippen molar-refractivity contribution in [1.82, 2.24) is 24.4 Å². The highest BCUT2D eigenvalue weighted by Crippen LogP contribution is 2.24. The fourth-order valence-electron chi connectivity index (χ4n) is 4.33. The quantitative estimate of drug-likeness (QED) is 0.208. The van der Waals surface area contributed by atoms with Gasteiger partial charge in [-0.25, -0.2) is 9.97 Å². The number of fused-ring (bicyclic) bond motifs is 1. The van der Waals surface area contributed by atoms with Gasteiger partial charge in [0.15, 0.2) is 10.8 Å². The summed E-state index contributed by atoms with van der Waals surface area (Å²) in [6.45, 7) is 6.88. The Labute approximate surface area is 213 Å². The van der Waals surface area contributed by atoms with Gasteiger partial charge in [-0.05, 0) is 50.2 Å². The number of hydrogen-bond donors (Lipinski definition) is 0. The lowest BCUT2D eigenvalue weighted by Gasteiger charge is -2.36. The number of thioether (sulfide) groups is 1. The van der Waals surface area contributed by atoms with Gasteiger partial charge < -0.3 is 4.90 Å². The van der Waals surface area contributed by atoms with Crippen LogP contribution < -0.4 is 10.5 Å². The molecule has 0 N–H and O–H groups in total. The lowest BCUT2D eigenvalue weighted by molar-refractivity contribution is 0.259. The molecule has 1 aliphatic rings. The molecule has 0 amide bonds. The van der Waals surface area contributed by atoms with Crippen molar-refractivity contribution in [2.75, 3.05) is 43.4 Å². The molecule has 0 unspecified atom stereocenters. The van der Waals surface area contributed by atoms with Crippen molar-refractivity contribution in [1.29, 1.82) is 0 Å². The summed E-state index contributed by atoms with van der Waals surface area (Å²) in [7, 11) is 0. The summed E-state index contributed by atoms with van der Waals surface area (Å²) < 4.78 is 1.97. The van der Waals surface area contributed by atoms with E-state index in [0.717, 1.165) is 55.6 Å². The first-order chi connectivity index (χ1) is 17.1. The van der Waals surface area contributed by atoms with E-state index >= 15 is 0 Å². The summed E-state index contributed by atoms with van der Waals surface area (Å²) in [5, 5.41) is 1.87. The third-order valence-corrected chi connectivity index (χ3v) is 7.39. The zero-order chi connectivity index (χ0) is 24.2. The first-order valence-corrected chi connectivity index (χ1v) is 13.1. The molecular weight excluding hydrogens is 480 g/mol. The van der Waals surface area contributed by atoms with Gasteiger partial charge in [-0.15, -0.1) is 0 Å². The van der Waals surface area contributed by atoms with E-state index in [0.29, 0.717) is 22.0 Å². The molecule has 0 atom stereocenters. The average molecular weight is 507 g/mol. The zero-order valence-corrected chi connectivity index (χ0v) is 21.2. The largest absolute Gasteiger partial charge is 0.369 e. The summed E-state index contributed by atoms with van der Waals surface area (Å²) >= 11 is 7.76. The van der Waals surface area contributed by atoms with Crippen LogP contribution >= 0.6 is 23.4 Å². The second-order valence-corrected chi connectivity index (χ2v) is 10.0. The summed E-state index contributed by atoms with van der Waals surface area (Å²) in [4.78, 5) is 30.8. The molecule has 2 aromatic heterocycles. The van der Waals surface area contributed by atoms with Crippen molar-refractivity contribution >= 4 is 40.1 Å². The maximum Gasteiger partial charge on any atom is 0.284 e. The normalized spacial score (nSPS) is 14.5. The fraction of sp³-hybridized carbons (Fsp3) is 0.308. The molecule has 0 spiro atoms. The second-order valence-electron chi connectivity index (χ2n) is 8.54. The van der Waals surface area contributed by atoms with Crippen molar-refractivity contribution in [3.8, 4) is 5.69 Å². The van der Waals surface area contributed by atoms with Crippen LogP contribution in [0.3, 0.4) is 0 Å². The van der Waals surface area contributed by atoms with Crippen molar-refractivity contribution in [2.24, 2.45) is 0 Å². The van der Waals surface area contributed by atoms with Crippen LogP contribution in [-0.4, -0.2) is 62.9 Å². The number of piperazine rings is 1. The molecule has 7 nitrogen and oxygen atoms in total. The molecular formula is C26H27ClN6OS. The molecule has 0 bridgehead atoms. The van der Waals surface area contributed by atoms with Crippen LogP contribution in [0.5, 0.6) is 0 Å². The van der Waals surface area contributed by atoms with Crippen molar-refractivity contribution < 1.29 is 0 Å². The van der Waals surface area contributed by atoms with Crippen molar-refractivity contribution in [3.63, 3.8) is 0 Å². The lowest BCUT2D eigenvalue weighted by Crippen LogP contribution is -2.46. The first kappa shape index (κ1) is 23.8. The van der Waals surface area contributed by atoms with Crippen LogP contribution in [0, 0.1) is 6.92 Å². The van der Waals surface area contributed by atoms with Crippen LogP contribution in [-0.2, 0) is 0 Å². The summed E-state index contributed by atoms with van der Waals surface area (Å²) in [6, 6.07) is 18.0. The van der Waals surface area contributed by atoms with Gasteiger partial charge in [-0.3, -0.25) is 14.3 Å². The number of aryl methyl sites for hydroxylation is 1. The highest BCUT2D eigenvalue weighted by atomic mass is 35.5. The Morgan fingerprint density at radius 2 is 1.74 bits per heavy atom. The highest BCUT2D eigenvalue weighted by molar-refractivity contribution is 7.99. The Balaban J connectivity index is 1.24. The lowest BCUT2D eigenvalue weighted by atomic mass is 10.2. The minimum atomic E-state index is -0.285. The molecule has 3 heterocycles. The third kappa shape index (κ3) is 5.50. The minimum Gasteiger partial charge on any atom is -0.369 e. The van der Waals surface area contributed by atoms with E-state index in [9.17, 15) is 4.79 Å². The standard InChI is InChI=1S/C26H27ClN6OS/c1-19-28-18-23-24(29-19)33(21-8-3-2-4-9-21)26(30-25(23)34)35-16-6-11-31-12-14-32(15-13-31)22-10-5-7-20(27)17-22/h2-5,7-10,17-18H,6,11-16H2,1H3. The minimum absolute atomic E-state index is 0.285. The molecule has 1 fully saturated rings. The number of rotatable bonds is 7. The van der Waals surface area contributed by atoms with Crippen LogP contribution in [0.15, 0.2) is 70.7 Å². The molecule has 0 saturated carbocycles. The fourth-order valence-corrected chi connectivity index (χ4v) is 5.44. The number of anilines is 1. The monoisotopic (exact) mass is 506 g/mol. The van der Waals surface area contributed by atoms with Crippen LogP contribution in [0.2, 0.25) is 5.02 Å². The van der Waals surface area contributed by atoms with E-state index < -0.39 is 0 Å². The molecule has 0 radical (unpaired) electrons. The topological polar surface area (TPSA) is 67.2 Å². The molecule has 0 aliphatic carbocycles. The van der Waals surface area contributed by atoms with Gasteiger partial charge in [-0.2, -0.15) is 4.98 Å². The Bertz CT molecular complexity index is 1370. The van der Waals surface area contributed by atoms with Crippen LogP contribution in [0.1, 0.15) is 12.2 Å². The number of para-hydroxylation sites is 1. The van der Waals surface area contributed by atoms with E-state index in [1.807, 2.05) is 60.0 Å². The molecule has 1 aliphatic heterocycles. The second kappa shape index (κ2) is 10.8. The third-order valence-electron chi connectivity index (χ3n) is 6.13. The average Bonchev–Trinajstić information content (AvgIpc) is 2.87. The van der Waals surface area contributed by atoms with E-state index in [4.69, 9.17) is 11.6 Å². The van der Waals surface area contributed by atoms with Gasteiger partial charge >= 0.3 is 0 Å².